The van der Waals surface area contributed by atoms with Crippen LogP contribution in [0.2, 0.25) is 0 Å². The molecule has 1 aliphatic rings. The molecule has 0 atom stereocenters. The standard InChI is InChI=1S/C16H20N2O/c1-12-5-6-13-10-14(16(19)17-15(13)9-12)11-18-7-3-2-4-8-18/h5-6,9-10H,2-4,7-8,11H2,1H3,(H,17,19). The van der Waals surface area contributed by atoms with Crippen LogP contribution in [0.5, 0.6) is 0 Å². The molecule has 0 bridgehead atoms. The van der Waals surface area contributed by atoms with E-state index in [1.165, 1.54) is 24.8 Å². The highest BCUT2D eigenvalue weighted by Crippen LogP contribution is 2.15. The highest BCUT2D eigenvalue weighted by Gasteiger charge is 2.12. The summed E-state index contributed by atoms with van der Waals surface area (Å²) >= 11 is 0. The highest BCUT2D eigenvalue weighted by atomic mass is 16.1. The van der Waals surface area contributed by atoms with Gasteiger partial charge in [0.2, 0.25) is 0 Å². The second kappa shape index (κ2) is 5.17. The third-order valence-electron chi connectivity index (χ3n) is 3.92. The lowest BCUT2D eigenvalue weighted by atomic mass is 10.1. The molecule has 100 valence electrons. The van der Waals surface area contributed by atoms with E-state index >= 15 is 0 Å². The lowest BCUT2D eigenvalue weighted by molar-refractivity contribution is 0.220. The van der Waals surface area contributed by atoms with Gasteiger partial charge in [0, 0.05) is 17.6 Å². The van der Waals surface area contributed by atoms with Gasteiger partial charge in [-0.3, -0.25) is 9.69 Å². The summed E-state index contributed by atoms with van der Waals surface area (Å²) in [5.41, 5.74) is 3.06. The van der Waals surface area contributed by atoms with Gasteiger partial charge in [-0.2, -0.15) is 0 Å². The third-order valence-corrected chi connectivity index (χ3v) is 3.92. The minimum atomic E-state index is 0.0590. The molecule has 3 rings (SSSR count). The molecule has 0 saturated carbocycles. The molecule has 3 nitrogen and oxygen atoms in total. The monoisotopic (exact) mass is 256 g/mol. The highest BCUT2D eigenvalue weighted by molar-refractivity contribution is 5.79. The van der Waals surface area contributed by atoms with Crippen LogP contribution in [0.25, 0.3) is 10.9 Å². The Morgan fingerprint density at radius 2 is 1.95 bits per heavy atom. The van der Waals surface area contributed by atoms with Crippen molar-refractivity contribution >= 4 is 10.9 Å². The molecule has 2 aromatic rings. The van der Waals surface area contributed by atoms with Gasteiger partial charge in [0.1, 0.15) is 0 Å². The normalized spacial score (nSPS) is 16.9. The Balaban J connectivity index is 1.92. The molecule has 0 aliphatic carbocycles. The van der Waals surface area contributed by atoms with Crippen molar-refractivity contribution in [1.29, 1.82) is 0 Å². The largest absolute Gasteiger partial charge is 0.322 e. The number of benzene rings is 1. The van der Waals surface area contributed by atoms with Gasteiger partial charge in [0.15, 0.2) is 0 Å². The van der Waals surface area contributed by atoms with Gasteiger partial charge in [-0.25, -0.2) is 0 Å². The summed E-state index contributed by atoms with van der Waals surface area (Å²) in [4.78, 5) is 17.5. The number of aryl methyl sites for hydroxylation is 1. The zero-order valence-electron chi connectivity index (χ0n) is 11.4. The molecule has 1 saturated heterocycles. The smallest absolute Gasteiger partial charge is 0.252 e. The van der Waals surface area contributed by atoms with E-state index in [4.69, 9.17) is 0 Å². The molecule has 0 amide bonds. The van der Waals surface area contributed by atoms with Gasteiger partial charge < -0.3 is 4.98 Å². The molecule has 2 heterocycles. The average molecular weight is 256 g/mol. The van der Waals surface area contributed by atoms with Crippen molar-refractivity contribution in [1.82, 2.24) is 9.88 Å². The Morgan fingerprint density at radius 1 is 1.16 bits per heavy atom. The Labute approximate surface area is 113 Å². The summed E-state index contributed by atoms with van der Waals surface area (Å²) in [5.74, 6) is 0. The van der Waals surface area contributed by atoms with E-state index in [2.05, 4.69) is 22.0 Å². The fourth-order valence-corrected chi connectivity index (χ4v) is 2.84. The Hall–Kier alpha value is -1.61. The zero-order valence-corrected chi connectivity index (χ0v) is 11.4. The van der Waals surface area contributed by atoms with Crippen molar-refractivity contribution in [3.63, 3.8) is 0 Å². The summed E-state index contributed by atoms with van der Waals surface area (Å²) in [7, 11) is 0. The third kappa shape index (κ3) is 2.71. The molecule has 1 N–H and O–H groups in total. The minimum Gasteiger partial charge on any atom is -0.322 e. The fraction of sp³-hybridized carbons (Fsp3) is 0.438. The van der Waals surface area contributed by atoms with Gasteiger partial charge in [-0.05, 0) is 55.9 Å². The topological polar surface area (TPSA) is 36.1 Å². The molecule has 19 heavy (non-hydrogen) atoms. The summed E-state index contributed by atoms with van der Waals surface area (Å²) in [6.45, 7) is 5.05. The molecule has 0 unspecified atom stereocenters. The summed E-state index contributed by atoms with van der Waals surface area (Å²) in [5, 5.41) is 1.12. The van der Waals surface area contributed by atoms with E-state index in [0.717, 1.165) is 36.1 Å². The first-order valence-electron chi connectivity index (χ1n) is 7.07. The van der Waals surface area contributed by atoms with Crippen LogP contribution < -0.4 is 5.56 Å². The maximum Gasteiger partial charge on any atom is 0.252 e. The van der Waals surface area contributed by atoms with Crippen LogP contribution in [0.1, 0.15) is 30.4 Å². The van der Waals surface area contributed by atoms with Gasteiger partial charge in [-0.1, -0.05) is 18.6 Å². The van der Waals surface area contributed by atoms with Crippen LogP contribution in [-0.2, 0) is 6.54 Å². The lowest BCUT2D eigenvalue weighted by Crippen LogP contribution is -2.31. The second-order valence-corrected chi connectivity index (χ2v) is 5.55. The van der Waals surface area contributed by atoms with Crippen molar-refractivity contribution in [2.75, 3.05) is 13.1 Å². The number of piperidine rings is 1. The quantitative estimate of drug-likeness (QED) is 0.897. The molecule has 1 aliphatic heterocycles. The van der Waals surface area contributed by atoms with E-state index in [1.54, 1.807) is 0 Å². The predicted octanol–water partition coefficient (Wildman–Crippen LogP) is 2.82. The van der Waals surface area contributed by atoms with E-state index < -0.39 is 0 Å². The van der Waals surface area contributed by atoms with E-state index in [9.17, 15) is 4.79 Å². The fourth-order valence-electron chi connectivity index (χ4n) is 2.84. The predicted molar refractivity (Wildman–Crippen MR) is 78.4 cm³/mol. The maximum absolute atomic E-state index is 12.1. The van der Waals surface area contributed by atoms with E-state index in [-0.39, 0.29) is 5.56 Å². The number of hydrogen-bond donors (Lipinski definition) is 1. The molecule has 0 radical (unpaired) electrons. The Kier molecular flexibility index (Phi) is 3.38. The number of likely N-dealkylation sites (tertiary alicyclic amines) is 1. The second-order valence-electron chi connectivity index (χ2n) is 5.55. The molecular formula is C16H20N2O. The SMILES string of the molecule is Cc1ccc2cc(CN3CCCCC3)c(=O)[nH]c2c1. The van der Waals surface area contributed by atoms with Crippen molar-refractivity contribution in [3.05, 3.63) is 45.7 Å². The molecule has 3 heteroatoms. The first-order chi connectivity index (χ1) is 9.22. The number of rotatable bonds is 2. The van der Waals surface area contributed by atoms with E-state index in [0.29, 0.717) is 0 Å². The van der Waals surface area contributed by atoms with E-state index in [1.807, 2.05) is 19.1 Å². The van der Waals surface area contributed by atoms with Gasteiger partial charge in [-0.15, -0.1) is 0 Å². The minimum absolute atomic E-state index is 0.0590. The number of nitrogens with zero attached hydrogens (tertiary/aromatic N) is 1. The van der Waals surface area contributed by atoms with Gasteiger partial charge >= 0.3 is 0 Å². The van der Waals surface area contributed by atoms with Gasteiger partial charge in [0.05, 0.1) is 0 Å². The first-order valence-corrected chi connectivity index (χ1v) is 7.07. The van der Waals surface area contributed by atoms with Gasteiger partial charge in [0.25, 0.3) is 5.56 Å². The van der Waals surface area contributed by atoms with Crippen LogP contribution >= 0.6 is 0 Å². The average Bonchev–Trinajstić information content (AvgIpc) is 2.41. The van der Waals surface area contributed by atoms with Crippen molar-refractivity contribution in [2.24, 2.45) is 0 Å². The summed E-state index contributed by atoms with van der Waals surface area (Å²) in [6.07, 6.45) is 3.83. The zero-order chi connectivity index (χ0) is 13.2. The van der Waals surface area contributed by atoms with Crippen molar-refractivity contribution < 1.29 is 0 Å². The van der Waals surface area contributed by atoms with Crippen LogP contribution in [0.4, 0.5) is 0 Å². The molecule has 0 spiro atoms. The number of aromatic nitrogens is 1. The van der Waals surface area contributed by atoms with Crippen molar-refractivity contribution in [2.45, 2.75) is 32.7 Å². The first kappa shape index (κ1) is 12.4. The van der Waals surface area contributed by atoms with Crippen molar-refractivity contribution in [3.8, 4) is 0 Å². The Morgan fingerprint density at radius 3 is 2.74 bits per heavy atom. The molecule has 1 aromatic carbocycles. The maximum atomic E-state index is 12.1. The molecular weight excluding hydrogens is 236 g/mol. The van der Waals surface area contributed by atoms with Crippen LogP contribution in [0.15, 0.2) is 29.1 Å². The van der Waals surface area contributed by atoms with Crippen LogP contribution in [0.3, 0.4) is 0 Å². The lowest BCUT2D eigenvalue weighted by Gasteiger charge is -2.26. The number of nitrogens with one attached hydrogen (secondary N) is 1. The number of pyridine rings is 1. The molecule has 1 fully saturated rings. The van der Waals surface area contributed by atoms with Crippen LogP contribution in [0, 0.1) is 6.92 Å². The van der Waals surface area contributed by atoms with Crippen LogP contribution in [-0.4, -0.2) is 23.0 Å². The number of aromatic amines is 1. The summed E-state index contributed by atoms with van der Waals surface area (Å²) < 4.78 is 0. The molecule has 1 aromatic heterocycles. The number of hydrogen-bond acceptors (Lipinski definition) is 2. The number of H-pyrrole nitrogens is 1. The summed E-state index contributed by atoms with van der Waals surface area (Å²) in [6, 6.07) is 8.25. The number of fused-ring (bicyclic) bond motifs is 1. The Bertz CT molecular complexity index is 639.